The van der Waals surface area contributed by atoms with Gasteiger partial charge in [0.2, 0.25) is 5.91 Å². The van der Waals surface area contributed by atoms with Gasteiger partial charge >= 0.3 is 5.97 Å². The predicted octanol–water partition coefficient (Wildman–Crippen LogP) is 3.74. The van der Waals surface area contributed by atoms with E-state index in [0.29, 0.717) is 34.5 Å². The fourth-order valence-corrected chi connectivity index (χ4v) is 5.02. The van der Waals surface area contributed by atoms with Gasteiger partial charge in [0.25, 0.3) is 0 Å². The summed E-state index contributed by atoms with van der Waals surface area (Å²) in [7, 11) is 0. The van der Waals surface area contributed by atoms with Crippen molar-refractivity contribution in [1.29, 1.82) is 0 Å². The van der Waals surface area contributed by atoms with Crippen molar-refractivity contribution in [2.24, 2.45) is 0 Å². The number of likely N-dealkylation sites (tertiary alicyclic amines) is 1. The fraction of sp³-hybridized carbons (Fsp3) is 0.350. The van der Waals surface area contributed by atoms with E-state index in [1.807, 2.05) is 23.1 Å². The number of hydrogen-bond acceptors (Lipinski definition) is 6. The Morgan fingerprint density at radius 2 is 2.17 bits per heavy atom. The Labute approximate surface area is 182 Å². The maximum Gasteiger partial charge on any atom is 0.355 e. The van der Waals surface area contributed by atoms with E-state index >= 15 is 0 Å². The van der Waals surface area contributed by atoms with Gasteiger partial charge in [-0.3, -0.25) is 4.79 Å². The average Bonchev–Trinajstić information content (AvgIpc) is 3.30. The monoisotopic (exact) mass is 452 g/mol. The molecule has 154 valence electrons. The van der Waals surface area contributed by atoms with Gasteiger partial charge in [0, 0.05) is 35.5 Å². The summed E-state index contributed by atoms with van der Waals surface area (Å²) in [5.41, 5.74) is 1.04. The first-order chi connectivity index (χ1) is 13.9. The number of halogens is 1. The van der Waals surface area contributed by atoms with E-state index in [0.717, 1.165) is 12.0 Å². The molecule has 2 heterocycles. The molecule has 1 aromatic heterocycles. The number of nitrogens with zero attached hydrogens (tertiary/aromatic N) is 2. The zero-order valence-corrected chi connectivity index (χ0v) is 17.9. The highest BCUT2D eigenvalue weighted by atomic mass is 35.5. The number of carbonyl (C=O) groups excluding carboxylic acids is 1. The highest BCUT2D eigenvalue weighted by Gasteiger charge is 2.28. The van der Waals surface area contributed by atoms with Gasteiger partial charge in [0.15, 0.2) is 10.0 Å². The van der Waals surface area contributed by atoms with Crippen LogP contribution in [0.2, 0.25) is 5.02 Å². The number of rotatable bonds is 9. The summed E-state index contributed by atoms with van der Waals surface area (Å²) < 4.78 is 0.680. The van der Waals surface area contributed by atoms with Gasteiger partial charge in [-0.15, -0.1) is 11.3 Å². The molecule has 2 atom stereocenters. The molecular weight excluding hydrogens is 432 g/mol. The summed E-state index contributed by atoms with van der Waals surface area (Å²) in [6, 6.07) is 7.33. The minimum Gasteiger partial charge on any atom is -0.476 e. The molecule has 0 spiro atoms. The van der Waals surface area contributed by atoms with Crippen molar-refractivity contribution in [3.63, 3.8) is 0 Å². The Balaban J connectivity index is 1.50. The van der Waals surface area contributed by atoms with E-state index in [-0.39, 0.29) is 17.6 Å². The predicted molar refractivity (Wildman–Crippen MR) is 115 cm³/mol. The van der Waals surface area contributed by atoms with Crippen LogP contribution in [0, 0.1) is 0 Å². The van der Waals surface area contributed by atoms with Crippen molar-refractivity contribution in [2.75, 3.05) is 12.3 Å². The van der Waals surface area contributed by atoms with Crippen molar-refractivity contribution >= 4 is 46.6 Å². The number of hydrogen-bond donors (Lipinski definition) is 2. The molecule has 29 heavy (non-hydrogen) atoms. The molecule has 3 rings (SSSR count). The maximum absolute atomic E-state index is 12.2. The summed E-state index contributed by atoms with van der Waals surface area (Å²) in [6.45, 7) is 0.549. The van der Waals surface area contributed by atoms with E-state index < -0.39 is 12.1 Å². The highest BCUT2D eigenvalue weighted by molar-refractivity contribution is 8.01. The Kier molecular flexibility index (Phi) is 7.71. The molecule has 0 radical (unpaired) electrons. The third-order valence-electron chi connectivity index (χ3n) is 4.55. The third-order valence-corrected chi connectivity index (χ3v) is 6.80. The van der Waals surface area contributed by atoms with Crippen molar-refractivity contribution in [3.05, 3.63) is 58.1 Å². The topological polar surface area (TPSA) is 90.7 Å². The first kappa shape index (κ1) is 21.8. The van der Waals surface area contributed by atoms with Crippen LogP contribution in [-0.4, -0.2) is 56.4 Å². The average molecular weight is 453 g/mol. The lowest BCUT2D eigenvalue weighted by Gasteiger charge is -2.22. The van der Waals surface area contributed by atoms with Crippen LogP contribution in [0.5, 0.6) is 0 Å². The standard InChI is InChI=1S/C20H21ClN2O4S2/c21-14-3-1-13(2-4-14)11-16(24)7-5-15-6-8-18(25)23(15)9-10-28-20-22-17(12-29-20)19(26)27/h1-5,7,12,15-16,24H,6,8-11H2,(H,26,27)/b7-5+/t15-,16+/m0/s1. The fourth-order valence-electron chi connectivity index (χ4n) is 3.09. The van der Waals surface area contributed by atoms with Crippen LogP contribution >= 0.6 is 34.7 Å². The Morgan fingerprint density at radius 1 is 1.41 bits per heavy atom. The van der Waals surface area contributed by atoms with Crippen LogP contribution in [0.15, 0.2) is 46.1 Å². The number of aliphatic hydroxyl groups is 1. The molecule has 1 fully saturated rings. The first-order valence-electron chi connectivity index (χ1n) is 9.14. The van der Waals surface area contributed by atoms with Crippen molar-refractivity contribution in [1.82, 2.24) is 9.88 Å². The Hall–Kier alpha value is -1.87. The molecule has 1 aliphatic rings. The van der Waals surface area contributed by atoms with Crippen molar-refractivity contribution < 1.29 is 19.8 Å². The number of aromatic carboxylic acids is 1. The van der Waals surface area contributed by atoms with Gasteiger partial charge in [-0.25, -0.2) is 9.78 Å². The van der Waals surface area contributed by atoms with Gasteiger partial charge in [0.05, 0.1) is 12.1 Å². The van der Waals surface area contributed by atoms with E-state index in [9.17, 15) is 14.7 Å². The minimum atomic E-state index is -1.04. The van der Waals surface area contributed by atoms with Crippen molar-refractivity contribution in [3.8, 4) is 0 Å². The number of aliphatic hydroxyl groups excluding tert-OH is 1. The number of thiazole rings is 1. The lowest BCUT2D eigenvalue weighted by atomic mass is 10.1. The molecule has 2 aromatic rings. The molecule has 9 heteroatoms. The summed E-state index contributed by atoms with van der Waals surface area (Å²) in [5, 5.41) is 21.4. The van der Waals surface area contributed by atoms with Gasteiger partial charge in [-0.1, -0.05) is 47.6 Å². The van der Waals surface area contributed by atoms with Crippen LogP contribution in [0.25, 0.3) is 0 Å². The second kappa shape index (κ2) is 10.2. The number of aromatic nitrogens is 1. The molecule has 6 nitrogen and oxygen atoms in total. The van der Waals surface area contributed by atoms with Crippen LogP contribution in [0.3, 0.4) is 0 Å². The van der Waals surface area contributed by atoms with Crippen LogP contribution in [-0.2, 0) is 11.2 Å². The molecule has 0 aliphatic carbocycles. The quantitative estimate of drug-likeness (QED) is 0.445. The van der Waals surface area contributed by atoms with Gasteiger partial charge in [-0.05, 0) is 24.1 Å². The highest BCUT2D eigenvalue weighted by Crippen LogP contribution is 2.25. The summed E-state index contributed by atoms with van der Waals surface area (Å²) >= 11 is 8.61. The van der Waals surface area contributed by atoms with Crippen molar-refractivity contribution in [2.45, 2.75) is 35.7 Å². The number of amides is 1. The molecule has 1 amide bonds. The van der Waals surface area contributed by atoms with Gasteiger partial charge in [-0.2, -0.15) is 0 Å². The molecular formula is C20H21ClN2O4S2. The Bertz CT molecular complexity index is 885. The third kappa shape index (κ3) is 6.30. The smallest absolute Gasteiger partial charge is 0.355 e. The zero-order chi connectivity index (χ0) is 20.8. The second-order valence-electron chi connectivity index (χ2n) is 6.63. The number of carbonyl (C=O) groups is 2. The maximum atomic E-state index is 12.2. The molecule has 1 aliphatic heterocycles. The number of thioether (sulfide) groups is 1. The van der Waals surface area contributed by atoms with Crippen LogP contribution in [0.4, 0.5) is 0 Å². The molecule has 0 bridgehead atoms. The summed E-state index contributed by atoms with van der Waals surface area (Å²) in [5.74, 6) is -0.307. The first-order valence-corrected chi connectivity index (χ1v) is 11.4. The summed E-state index contributed by atoms with van der Waals surface area (Å²) in [6.07, 6.45) is 4.73. The largest absolute Gasteiger partial charge is 0.476 e. The number of carboxylic acid groups (broad SMARTS) is 1. The Morgan fingerprint density at radius 3 is 2.86 bits per heavy atom. The molecule has 2 N–H and O–H groups in total. The lowest BCUT2D eigenvalue weighted by Crippen LogP contribution is -2.33. The van der Waals surface area contributed by atoms with Gasteiger partial charge < -0.3 is 15.1 Å². The van der Waals surface area contributed by atoms with E-state index in [1.165, 1.54) is 28.5 Å². The zero-order valence-electron chi connectivity index (χ0n) is 15.5. The molecule has 1 aromatic carbocycles. The normalized spacial score (nSPS) is 17.9. The number of benzene rings is 1. The van der Waals surface area contributed by atoms with E-state index in [2.05, 4.69) is 4.98 Å². The molecule has 0 saturated carbocycles. The van der Waals surface area contributed by atoms with Crippen LogP contribution < -0.4 is 0 Å². The molecule has 0 unspecified atom stereocenters. The second-order valence-corrected chi connectivity index (χ2v) is 9.26. The summed E-state index contributed by atoms with van der Waals surface area (Å²) in [4.78, 5) is 28.9. The molecule has 1 saturated heterocycles. The lowest BCUT2D eigenvalue weighted by molar-refractivity contribution is -0.128. The minimum absolute atomic E-state index is 0.0335. The SMILES string of the molecule is O=C(O)c1csc(SCCN2C(=O)CC[C@@H]2/C=C/[C@@H](O)Cc2ccc(Cl)cc2)n1. The van der Waals surface area contributed by atoms with Crippen LogP contribution in [0.1, 0.15) is 28.9 Å². The van der Waals surface area contributed by atoms with E-state index in [1.54, 1.807) is 18.2 Å². The van der Waals surface area contributed by atoms with E-state index in [4.69, 9.17) is 16.7 Å². The van der Waals surface area contributed by atoms with Gasteiger partial charge in [0.1, 0.15) is 0 Å². The number of carboxylic acids is 1.